The van der Waals surface area contributed by atoms with Gasteiger partial charge < -0.3 is 14.7 Å². The van der Waals surface area contributed by atoms with Crippen LogP contribution in [0.5, 0.6) is 5.75 Å². The van der Waals surface area contributed by atoms with Crippen LogP contribution in [0.25, 0.3) is 5.70 Å². The van der Waals surface area contributed by atoms with Gasteiger partial charge >= 0.3 is 0 Å². The van der Waals surface area contributed by atoms with Gasteiger partial charge in [-0.3, -0.25) is 0 Å². The maximum absolute atomic E-state index is 13.4. The number of fused-ring (bicyclic) bond motifs is 1. The number of halogens is 2. The molecule has 2 aliphatic rings. The second kappa shape index (κ2) is 11.4. The number of rotatable bonds is 7. The number of hydrogen-bond acceptors (Lipinski definition) is 7. The van der Waals surface area contributed by atoms with Gasteiger partial charge in [-0.15, -0.1) is 0 Å². The molecule has 11 heteroatoms. The third kappa shape index (κ3) is 6.64. The first-order valence-electron chi connectivity index (χ1n) is 12.2. The maximum atomic E-state index is 13.4. The summed E-state index contributed by atoms with van der Waals surface area (Å²) in [4.78, 5) is 15.1. The molecular weight excluding hydrogens is 555 g/mol. The van der Waals surface area contributed by atoms with Crippen molar-refractivity contribution in [2.75, 3.05) is 18.6 Å². The van der Waals surface area contributed by atoms with Gasteiger partial charge in [-0.05, 0) is 65.4 Å². The summed E-state index contributed by atoms with van der Waals surface area (Å²) in [7, 11) is -3.21. The average molecular weight is 579 g/mol. The standard InChI is InChI=1S/C29H24ClFN4O4S/c1-40(37,38)12-11-35-16-23(36)7-9-27(35)20-5-8-26-24(14-20)29(33-18-32-26)34-22-6-10-28(25(30)15-22)39-17-19-3-2-4-21(31)13-19/h2-10,13-16,18,36H,11-12,17H2,1H3/b27-20+,34-29?. The smallest absolute Gasteiger partial charge is 0.163 e. The molecule has 0 fully saturated rings. The number of amidine groups is 1. The van der Waals surface area contributed by atoms with Crippen LogP contribution in [-0.4, -0.2) is 49.2 Å². The van der Waals surface area contributed by atoms with Gasteiger partial charge in [0, 0.05) is 30.3 Å². The van der Waals surface area contributed by atoms with E-state index in [9.17, 15) is 17.9 Å². The zero-order chi connectivity index (χ0) is 28.3. The SMILES string of the molecule is CS(=O)(=O)CCN1C=C(O)C=C/C1=c1/ccc2c(c1)C(=Nc1ccc(OCc3cccc(F)c3)c(Cl)c1)N=CN=2. The summed E-state index contributed by atoms with van der Waals surface area (Å²) >= 11 is 6.45. The molecule has 1 N–H and O–H groups in total. The summed E-state index contributed by atoms with van der Waals surface area (Å²) in [5.74, 6) is 0.463. The lowest BCUT2D eigenvalue weighted by Gasteiger charge is -2.24. The summed E-state index contributed by atoms with van der Waals surface area (Å²) in [6.45, 7) is 0.337. The number of hydrogen-bond donors (Lipinski definition) is 1. The van der Waals surface area contributed by atoms with Gasteiger partial charge in [0.25, 0.3) is 0 Å². The fourth-order valence-electron chi connectivity index (χ4n) is 4.12. The van der Waals surface area contributed by atoms with E-state index in [-0.39, 0.29) is 30.5 Å². The van der Waals surface area contributed by atoms with Crippen LogP contribution in [0.2, 0.25) is 5.02 Å². The first-order chi connectivity index (χ1) is 19.1. The summed E-state index contributed by atoms with van der Waals surface area (Å²) in [5, 5.41) is 11.8. The van der Waals surface area contributed by atoms with Crippen molar-refractivity contribution in [3.63, 3.8) is 0 Å². The Morgan fingerprint density at radius 2 is 1.95 bits per heavy atom. The van der Waals surface area contributed by atoms with Crippen LogP contribution < -0.4 is 15.3 Å². The zero-order valence-electron chi connectivity index (χ0n) is 21.3. The van der Waals surface area contributed by atoms with E-state index in [0.717, 1.165) is 5.22 Å². The first-order valence-corrected chi connectivity index (χ1v) is 14.6. The average Bonchev–Trinajstić information content (AvgIpc) is 2.91. The summed E-state index contributed by atoms with van der Waals surface area (Å²) in [5.41, 5.74) is 2.60. The highest BCUT2D eigenvalue weighted by Gasteiger charge is 2.16. The number of benzene rings is 3. The molecule has 0 aliphatic carbocycles. The third-order valence-electron chi connectivity index (χ3n) is 6.06. The van der Waals surface area contributed by atoms with E-state index in [0.29, 0.717) is 44.5 Å². The molecule has 3 aromatic rings. The normalized spacial score (nSPS) is 16.9. The topological polar surface area (TPSA) is 104 Å². The molecule has 40 heavy (non-hydrogen) atoms. The summed E-state index contributed by atoms with van der Waals surface area (Å²) in [6, 6.07) is 16.8. The van der Waals surface area contributed by atoms with Gasteiger partial charge in [-0.25, -0.2) is 27.8 Å². The van der Waals surface area contributed by atoms with E-state index in [1.807, 2.05) is 18.2 Å². The molecule has 0 saturated heterocycles. The van der Waals surface area contributed by atoms with E-state index >= 15 is 0 Å². The van der Waals surface area contributed by atoms with Crippen LogP contribution in [0.1, 0.15) is 11.1 Å². The minimum Gasteiger partial charge on any atom is -0.506 e. The Hall–Kier alpha value is -4.28. The summed E-state index contributed by atoms with van der Waals surface area (Å²) in [6.07, 6.45) is 7.36. The van der Waals surface area contributed by atoms with Crippen molar-refractivity contribution in [2.45, 2.75) is 6.61 Å². The molecule has 2 aliphatic heterocycles. The van der Waals surface area contributed by atoms with Crippen LogP contribution in [0.3, 0.4) is 0 Å². The highest BCUT2D eigenvalue weighted by molar-refractivity contribution is 7.90. The van der Waals surface area contributed by atoms with Crippen molar-refractivity contribution in [3.8, 4) is 5.75 Å². The molecule has 204 valence electrons. The van der Waals surface area contributed by atoms with Crippen LogP contribution in [0, 0.1) is 5.82 Å². The highest BCUT2D eigenvalue weighted by Crippen LogP contribution is 2.30. The quantitative estimate of drug-likeness (QED) is 0.452. The molecule has 0 radical (unpaired) electrons. The van der Waals surface area contributed by atoms with Gasteiger partial charge in [0.2, 0.25) is 0 Å². The van der Waals surface area contributed by atoms with E-state index in [1.54, 1.807) is 47.4 Å². The lowest BCUT2D eigenvalue weighted by Crippen LogP contribution is -2.30. The van der Waals surface area contributed by atoms with Crippen LogP contribution in [0.15, 0.2) is 99.8 Å². The second-order valence-electron chi connectivity index (χ2n) is 9.17. The Bertz CT molecular complexity index is 1830. The molecule has 0 spiro atoms. The number of aliphatic hydroxyl groups is 1. The minimum absolute atomic E-state index is 0.0253. The van der Waals surface area contributed by atoms with Crippen molar-refractivity contribution in [1.29, 1.82) is 0 Å². The van der Waals surface area contributed by atoms with Gasteiger partial charge in [0.15, 0.2) is 5.84 Å². The van der Waals surface area contributed by atoms with Crippen molar-refractivity contribution >= 4 is 45.0 Å². The third-order valence-corrected chi connectivity index (χ3v) is 7.28. The number of ether oxygens (including phenoxy) is 1. The van der Waals surface area contributed by atoms with Crippen molar-refractivity contribution in [2.24, 2.45) is 15.0 Å². The molecule has 0 atom stereocenters. The largest absolute Gasteiger partial charge is 0.506 e. The molecule has 5 rings (SSSR count). The fourth-order valence-corrected chi connectivity index (χ4v) is 4.88. The highest BCUT2D eigenvalue weighted by atomic mass is 35.5. The Kier molecular flexibility index (Phi) is 7.81. The Morgan fingerprint density at radius 3 is 2.73 bits per heavy atom. The molecule has 0 aromatic heterocycles. The van der Waals surface area contributed by atoms with E-state index in [2.05, 4.69) is 15.0 Å². The fraction of sp³-hybridized carbons (Fsp3) is 0.138. The maximum Gasteiger partial charge on any atom is 0.163 e. The number of allylic oxidation sites excluding steroid dienone is 1. The Labute approximate surface area is 235 Å². The monoisotopic (exact) mass is 578 g/mol. The summed E-state index contributed by atoms with van der Waals surface area (Å²) < 4.78 is 42.7. The van der Waals surface area contributed by atoms with Gasteiger partial charge in [0.05, 0.1) is 21.8 Å². The molecule has 0 bridgehead atoms. The van der Waals surface area contributed by atoms with E-state index < -0.39 is 9.84 Å². The lowest BCUT2D eigenvalue weighted by atomic mass is 10.1. The van der Waals surface area contributed by atoms with Gasteiger partial charge in [0.1, 0.15) is 40.1 Å². The van der Waals surface area contributed by atoms with Crippen LogP contribution in [-0.2, 0) is 16.4 Å². The molecule has 2 heterocycles. The second-order valence-corrected chi connectivity index (χ2v) is 11.8. The molecule has 0 amide bonds. The van der Waals surface area contributed by atoms with Crippen molar-refractivity contribution in [3.05, 3.63) is 117 Å². The zero-order valence-corrected chi connectivity index (χ0v) is 22.9. The lowest BCUT2D eigenvalue weighted by molar-refractivity contribution is 0.306. The van der Waals surface area contributed by atoms with Crippen molar-refractivity contribution in [1.82, 2.24) is 4.90 Å². The number of aliphatic hydroxyl groups excluding tert-OH is 1. The number of nitrogens with zero attached hydrogens (tertiary/aromatic N) is 4. The van der Waals surface area contributed by atoms with Gasteiger partial charge in [-0.2, -0.15) is 0 Å². The Morgan fingerprint density at radius 1 is 1.10 bits per heavy atom. The Balaban J connectivity index is 1.44. The predicted molar refractivity (Wildman–Crippen MR) is 154 cm³/mol. The molecule has 0 saturated carbocycles. The predicted octanol–water partition coefficient (Wildman–Crippen LogP) is 4.22. The molecule has 0 unspecified atom stereocenters. The molecular formula is C29H24ClFN4O4S. The number of aliphatic imine (C=N–C) groups is 2. The van der Waals surface area contributed by atoms with E-state index in [4.69, 9.17) is 16.3 Å². The molecule has 3 aromatic carbocycles. The van der Waals surface area contributed by atoms with Crippen molar-refractivity contribution < 1.29 is 22.7 Å². The number of sulfone groups is 1. The van der Waals surface area contributed by atoms with Crippen LogP contribution >= 0.6 is 11.6 Å². The van der Waals surface area contributed by atoms with E-state index in [1.165, 1.54) is 30.9 Å². The minimum atomic E-state index is -3.21. The van der Waals surface area contributed by atoms with Crippen LogP contribution in [0.4, 0.5) is 10.1 Å². The first kappa shape index (κ1) is 27.3. The molecule has 8 nitrogen and oxygen atoms in total. The van der Waals surface area contributed by atoms with Gasteiger partial charge in [-0.1, -0.05) is 29.8 Å².